The zero-order valence-electron chi connectivity index (χ0n) is 16.3. The molecule has 1 aromatic carbocycles. The van der Waals surface area contributed by atoms with E-state index in [1.807, 2.05) is 30.3 Å². The van der Waals surface area contributed by atoms with Crippen molar-refractivity contribution < 1.29 is 18.2 Å². The molecule has 11 heteroatoms. The number of H-pyrrole nitrogens is 1. The number of nitrogens with zero attached hydrogens (tertiary/aromatic N) is 4. The van der Waals surface area contributed by atoms with Crippen molar-refractivity contribution in [2.24, 2.45) is 7.05 Å². The summed E-state index contributed by atoms with van der Waals surface area (Å²) in [5, 5.41) is 4.17. The smallest absolute Gasteiger partial charge is 0.318 e. The number of aromatic amines is 1. The van der Waals surface area contributed by atoms with Crippen molar-refractivity contribution in [3.63, 3.8) is 0 Å². The van der Waals surface area contributed by atoms with Crippen LogP contribution in [0.5, 0.6) is 0 Å². The van der Waals surface area contributed by atoms with Crippen LogP contribution in [-0.2, 0) is 13.6 Å². The highest BCUT2D eigenvalue weighted by Gasteiger charge is 2.30. The van der Waals surface area contributed by atoms with E-state index in [2.05, 4.69) is 10.1 Å². The number of nitrogens with two attached hydrogens (primary N) is 1. The molecular weight excluding hydrogens is 413 g/mol. The van der Waals surface area contributed by atoms with Crippen LogP contribution in [0.2, 0.25) is 0 Å². The van der Waals surface area contributed by atoms with E-state index in [1.165, 1.54) is 10.6 Å². The second-order valence-electron chi connectivity index (χ2n) is 7.02. The van der Waals surface area contributed by atoms with Crippen LogP contribution in [0.1, 0.15) is 6.42 Å². The highest BCUT2D eigenvalue weighted by Crippen LogP contribution is 2.31. The third kappa shape index (κ3) is 3.81. The van der Waals surface area contributed by atoms with Crippen molar-refractivity contribution >= 4 is 11.6 Å². The number of rotatable bonds is 4. The second-order valence-corrected chi connectivity index (χ2v) is 7.02. The molecule has 0 aliphatic carbocycles. The zero-order valence-corrected chi connectivity index (χ0v) is 16.3. The summed E-state index contributed by atoms with van der Waals surface area (Å²) in [6.07, 6.45) is -4.09. The van der Waals surface area contributed by atoms with Crippen molar-refractivity contribution in [3.05, 3.63) is 69.5 Å². The molecule has 0 fully saturated rings. The number of aryl methyl sites for hydroxylation is 2. The summed E-state index contributed by atoms with van der Waals surface area (Å²) < 4.78 is 41.3. The first-order valence-electron chi connectivity index (χ1n) is 9.29. The van der Waals surface area contributed by atoms with Gasteiger partial charge in [0.15, 0.2) is 0 Å². The highest BCUT2D eigenvalue weighted by atomic mass is 19.4. The number of halogens is 3. The maximum absolute atomic E-state index is 12.8. The van der Waals surface area contributed by atoms with Crippen molar-refractivity contribution in [2.45, 2.75) is 19.1 Å². The summed E-state index contributed by atoms with van der Waals surface area (Å²) >= 11 is 0. The fraction of sp³-hybridized carbons (Fsp3) is 0.200. The summed E-state index contributed by atoms with van der Waals surface area (Å²) in [5.41, 5.74) is 7.32. The van der Waals surface area contributed by atoms with Crippen LogP contribution in [-0.4, -0.2) is 24.9 Å². The van der Waals surface area contributed by atoms with Crippen LogP contribution in [0.3, 0.4) is 0 Å². The Balaban J connectivity index is 2.05. The molecule has 0 amide bonds. The summed E-state index contributed by atoms with van der Waals surface area (Å²) in [6, 6.07) is 12.0. The lowest BCUT2D eigenvalue weighted by atomic mass is 10.0. The molecule has 3 heterocycles. The maximum atomic E-state index is 12.8. The Bertz CT molecular complexity index is 1390. The van der Waals surface area contributed by atoms with Gasteiger partial charge in [-0.25, -0.2) is 9.78 Å². The molecule has 0 atom stereocenters. The molecule has 4 rings (SSSR count). The van der Waals surface area contributed by atoms with E-state index in [-0.39, 0.29) is 17.2 Å². The molecule has 0 bridgehead atoms. The first-order valence-corrected chi connectivity index (χ1v) is 9.29. The van der Waals surface area contributed by atoms with E-state index in [0.29, 0.717) is 16.8 Å². The van der Waals surface area contributed by atoms with Gasteiger partial charge in [-0.2, -0.15) is 17.9 Å². The molecule has 31 heavy (non-hydrogen) atoms. The molecular formula is C20H18F3N6O2+. The van der Waals surface area contributed by atoms with Gasteiger partial charge in [0, 0.05) is 30.4 Å². The van der Waals surface area contributed by atoms with Gasteiger partial charge < -0.3 is 4.57 Å². The minimum Gasteiger partial charge on any atom is -0.318 e. The van der Waals surface area contributed by atoms with Gasteiger partial charge in [-0.15, -0.1) is 9.50 Å². The summed E-state index contributed by atoms with van der Waals surface area (Å²) in [5.74, 6) is -0.0781. The van der Waals surface area contributed by atoms with Crippen LogP contribution in [0.15, 0.2) is 58.3 Å². The summed E-state index contributed by atoms with van der Waals surface area (Å²) in [4.78, 5) is 27.6. The molecule has 0 saturated carbocycles. The number of pyridine rings is 1. The molecule has 4 aromatic rings. The number of benzene rings is 1. The van der Waals surface area contributed by atoms with E-state index in [9.17, 15) is 22.8 Å². The van der Waals surface area contributed by atoms with Crippen LogP contribution in [0.4, 0.5) is 19.1 Å². The molecule has 0 radical (unpaired) electrons. The Morgan fingerprint density at radius 2 is 1.77 bits per heavy atom. The SMILES string of the molecule is Cn1cc(-c2c(-c3ccccc3)[nH+]c(N)n3c(=O)n(CCC(F)(F)F)nc23)ccc1=O. The molecule has 0 spiro atoms. The lowest BCUT2D eigenvalue weighted by Gasteiger charge is -2.10. The lowest BCUT2D eigenvalue weighted by molar-refractivity contribution is -0.351. The largest absolute Gasteiger partial charge is 0.411 e. The van der Waals surface area contributed by atoms with Gasteiger partial charge >= 0.3 is 17.8 Å². The van der Waals surface area contributed by atoms with Gasteiger partial charge in [0.25, 0.3) is 0 Å². The van der Waals surface area contributed by atoms with E-state index in [4.69, 9.17) is 5.73 Å². The predicted molar refractivity (Wildman–Crippen MR) is 107 cm³/mol. The van der Waals surface area contributed by atoms with Gasteiger partial charge in [0.2, 0.25) is 11.2 Å². The number of nitrogen functional groups attached to an aromatic ring is 1. The van der Waals surface area contributed by atoms with Crippen molar-refractivity contribution in [3.8, 4) is 22.4 Å². The van der Waals surface area contributed by atoms with Gasteiger partial charge in [-0.1, -0.05) is 30.3 Å². The molecule has 160 valence electrons. The van der Waals surface area contributed by atoms with E-state index >= 15 is 0 Å². The Labute approximate surface area is 173 Å². The summed E-state index contributed by atoms with van der Waals surface area (Å²) in [6.45, 7) is -0.642. The maximum Gasteiger partial charge on any atom is 0.411 e. The molecule has 3 N–H and O–H groups in total. The first-order chi connectivity index (χ1) is 14.7. The average molecular weight is 431 g/mol. The van der Waals surface area contributed by atoms with E-state index in [0.717, 1.165) is 14.6 Å². The predicted octanol–water partition coefficient (Wildman–Crippen LogP) is 1.88. The average Bonchev–Trinajstić information content (AvgIpc) is 3.05. The van der Waals surface area contributed by atoms with E-state index < -0.39 is 24.8 Å². The summed E-state index contributed by atoms with van der Waals surface area (Å²) in [7, 11) is 1.57. The molecule has 0 unspecified atom stereocenters. The van der Waals surface area contributed by atoms with Crippen molar-refractivity contribution in [1.29, 1.82) is 0 Å². The molecule has 0 saturated heterocycles. The quantitative estimate of drug-likeness (QED) is 0.533. The monoisotopic (exact) mass is 431 g/mol. The number of hydrogen-bond acceptors (Lipinski definition) is 4. The highest BCUT2D eigenvalue weighted by molar-refractivity contribution is 5.88. The lowest BCUT2D eigenvalue weighted by Crippen LogP contribution is -2.28. The minimum absolute atomic E-state index is 0.0781. The zero-order chi connectivity index (χ0) is 22.3. The molecule has 3 aromatic heterocycles. The van der Waals surface area contributed by atoms with Gasteiger partial charge in [0.1, 0.15) is 5.69 Å². The Morgan fingerprint density at radius 1 is 1.06 bits per heavy atom. The van der Waals surface area contributed by atoms with Gasteiger partial charge in [-0.05, 0) is 6.07 Å². The third-order valence-electron chi connectivity index (χ3n) is 4.85. The Morgan fingerprint density at radius 3 is 2.42 bits per heavy atom. The minimum atomic E-state index is -4.44. The standard InChI is InChI=1S/C20H17F3N6O2/c1-27-11-13(7-8-14(27)30)15-16(12-5-3-2-4-6-12)25-18(24)29-17(15)26-28(19(29)31)10-9-20(21,22)23/h2-8,11H,9-10H2,1H3,(H2,24,25)/p+1. The van der Waals surface area contributed by atoms with Crippen molar-refractivity contribution in [2.75, 3.05) is 5.73 Å². The fourth-order valence-corrected chi connectivity index (χ4v) is 3.36. The molecule has 0 aliphatic heterocycles. The fourth-order valence-electron chi connectivity index (χ4n) is 3.36. The topological polar surface area (TPSA) is 101 Å². The number of alkyl halides is 3. The van der Waals surface area contributed by atoms with Crippen LogP contribution >= 0.6 is 0 Å². The second kappa shape index (κ2) is 7.42. The van der Waals surface area contributed by atoms with Crippen LogP contribution in [0.25, 0.3) is 28.0 Å². The Kier molecular flexibility index (Phi) is 4.88. The van der Waals surface area contributed by atoms with Crippen molar-refractivity contribution in [1.82, 2.24) is 18.7 Å². The van der Waals surface area contributed by atoms with E-state index in [1.54, 1.807) is 19.3 Å². The normalized spacial score (nSPS) is 11.9. The number of nitrogens with one attached hydrogen (secondary N) is 1. The van der Waals surface area contributed by atoms with Crippen LogP contribution in [0, 0.1) is 0 Å². The third-order valence-corrected chi connectivity index (χ3v) is 4.85. The number of fused-ring (bicyclic) bond motifs is 1. The molecule has 0 aliphatic rings. The number of aromatic nitrogens is 5. The molecule has 8 nitrogen and oxygen atoms in total. The number of anilines is 1. The first kappa shape index (κ1) is 20.4. The number of hydrogen-bond donors (Lipinski definition) is 1. The van der Waals surface area contributed by atoms with Crippen LogP contribution < -0.4 is 22.0 Å². The Hall–Kier alpha value is -3.89. The van der Waals surface area contributed by atoms with Gasteiger partial charge in [-0.3, -0.25) is 10.5 Å². The van der Waals surface area contributed by atoms with Gasteiger partial charge in [0.05, 0.1) is 18.5 Å².